The van der Waals surface area contributed by atoms with Crippen LogP contribution in [0.25, 0.3) is 0 Å². The van der Waals surface area contributed by atoms with Crippen LogP contribution in [0.4, 0.5) is 0 Å². The molecule has 0 aliphatic heterocycles. The Morgan fingerprint density at radius 3 is 1.14 bits per heavy atom. The molecule has 0 saturated carbocycles. The molecule has 0 aliphatic rings. The van der Waals surface area contributed by atoms with Crippen LogP contribution in [0.1, 0.15) is 213 Å². The molecule has 408 valence electrons. The highest BCUT2D eigenvalue weighted by Crippen LogP contribution is 2.43. The first-order valence-corrected chi connectivity index (χ1v) is 29.7. The molecule has 0 aromatic heterocycles. The lowest BCUT2D eigenvalue weighted by Crippen LogP contribution is -2.29. The van der Waals surface area contributed by atoms with E-state index in [0.29, 0.717) is 6.42 Å². The van der Waals surface area contributed by atoms with Crippen molar-refractivity contribution in [3.8, 4) is 0 Å². The van der Waals surface area contributed by atoms with Crippen LogP contribution in [0.3, 0.4) is 0 Å². The molecule has 0 bridgehead atoms. The van der Waals surface area contributed by atoms with Gasteiger partial charge in [0.25, 0.3) is 0 Å². The van der Waals surface area contributed by atoms with E-state index < -0.39 is 32.5 Å². The number of phosphoric ester groups is 1. The SMILES string of the molecule is CC/C=C\C/C=C\C/C=C\C/C=C\C/C=C\C/C=C\C/C=C\C/C=C\C/C=C\C/C=C\C/C=C\CCCCCC(=O)OC(COC(=O)CCCCCCCCCCCCCCCC)COP(=O)(O)OCCN. The van der Waals surface area contributed by atoms with Crippen molar-refractivity contribution in [1.29, 1.82) is 0 Å². The molecule has 9 nitrogen and oxygen atoms in total. The predicted molar refractivity (Wildman–Crippen MR) is 307 cm³/mol. The maximum Gasteiger partial charge on any atom is 0.472 e. The summed E-state index contributed by atoms with van der Waals surface area (Å²) in [5.74, 6) is -0.873. The minimum Gasteiger partial charge on any atom is -0.462 e. The third-order valence-corrected chi connectivity index (χ3v) is 12.3. The molecule has 0 aliphatic carbocycles. The number of nitrogens with two attached hydrogens (primary N) is 1. The number of phosphoric acid groups is 1. The highest BCUT2D eigenvalue weighted by atomic mass is 31.2. The fourth-order valence-electron chi connectivity index (χ4n) is 7.17. The van der Waals surface area contributed by atoms with Crippen LogP contribution in [-0.4, -0.2) is 49.3 Å². The minimum absolute atomic E-state index is 0.0418. The molecule has 2 unspecified atom stereocenters. The fraction of sp³-hybridized carbons (Fsp3) is 0.613. The molecule has 0 saturated heterocycles. The summed E-state index contributed by atoms with van der Waals surface area (Å²) in [7, 11) is -4.40. The highest BCUT2D eigenvalue weighted by molar-refractivity contribution is 7.47. The fourth-order valence-corrected chi connectivity index (χ4v) is 7.93. The van der Waals surface area contributed by atoms with Crippen molar-refractivity contribution < 1.29 is 37.6 Å². The minimum atomic E-state index is -4.40. The first-order valence-electron chi connectivity index (χ1n) is 28.2. The van der Waals surface area contributed by atoms with Crippen LogP contribution in [-0.2, 0) is 32.7 Å². The average molecular weight is 1020 g/mol. The van der Waals surface area contributed by atoms with Gasteiger partial charge < -0.3 is 20.1 Å². The quantitative estimate of drug-likeness (QED) is 0.0264. The first-order chi connectivity index (χ1) is 35.3. The zero-order valence-corrected chi connectivity index (χ0v) is 46.3. The second-order valence-electron chi connectivity index (χ2n) is 18.1. The second kappa shape index (κ2) is 56.4. The van der Waals surface area contributed by atoms with Crippen molar-refractivity contribution in [3.05, 3.63) is 134 Å². The molecule has 0 aromatic rings. The highest BCUT2D eigenvalue weighted by Gasteiger charge is 2.26. The Kier molecular flexibility index (Phi) is 53.4. The second-order valence-corrected chi connectivity index (χ2v) is 19.5. The normalized spacial score (nSPS) is 14.1. The maximum atomic E-state index is 12.7. The van der Waals surface area contributed by atoms with Crippen LogP contribution in [0.2, 0.25) is 0 Å². The number of hydrogen-bond acceptors (Lipinski definition) is 8. The average Bonchev–Trinajstić information content (AvgIpc) is 3.37. The van der Waals surface area contributed by atoms with Gasteiger partial charge in [-0.15, -0.1) is 0 Å². The smallest absolute Gasteiger partial charge is 0.462 e. The summed E-state index contributed by atoms with van der Waals surface area (Å²) in [5.41, 5.74) is 5.37. The van der Waals surface area contributed by atoms with Crippen LogP contribution in [0.15, 0.2) is 134 Å². The predicted octanol–water partition coefficient (Wildman–Crippen LogP) is 17.8. The Labute approximate surface area is 440 Å². The Morgan fingerprint density at radius 2 is 0.764 bits per heavy atom. The van der Waals surface area contributed by atoms with Gasteiger partial charge in [0.1, 0.15) is 6.61 Å². The van der Waals surface area contributed by atoms with Crippen molar-refractivity contribution in [2.45, 2.75) is 219 Å². The Balaban J connectivity index is 4.09. The Hall–Kier alpha value is -3.85. The monoisotopic (exact) mass is 1020 g/mol. The van der Waals surface area contributed by atoms with Crippen molar-refractivity contribution in [3.63, 3.8) is 0 Å². The van der Waals surface area contributed by atoms with Crippen molar-refractivity contribution in [2.75, 3.05) is 26.4 Å². The third-order valence-electron chi connectivity index (χ3n) is 11.3. The Bertz CT molecular complexity index is 1630. The Morgan fingerprint density at radius 1 is 0.431 bits per heavy atom. The van der Waals surface area contributed by atoms with Crippen molar-refractivity contribution in [1.82, 2.24) is 0 Å². The van der Waals surface area contributed by atoms with E-state index in [1.807, 2.05) is 0 Å². The summed E-state index contributed by atoms with van der Waals surface area (Å²) in [6, 6.07) is 0. The largest absolute Gasteiger partial charge is 0.472 e. The van der Waals surface area contributed by atoms with Gasteiger partial charge in [-0.1, -0.05) is 237 Å². The van der Waals surface area contributed by atoms with Gasteiger partial charge in [0.2, 0.25) is 0 Å². The molecule has 2 atom stereocenters. The molecule has 0 radical (unpaired) electrons. The van der Waals surface area contributed by atoms with E-state index >= 15 is 0 Å². The number of unbranched alkanes of at least 4 members (excludes halogenated alkanes) is 16. The molecule has 72 heavy (non-hydrogen) atoms. The molecule has 0 heterocycles. The molecule has 0 fully saturated rings. The van der Waals surface area contributed by atoms with E-state index in [-0.39, 0.29) is 32.6 Å². The van der Waals surface area contributed by atoms with Gasteiger partial charge in [-0.2, -0.15) is 0 Å². The van der Waals surface area contributed by atoms with E-state index in [1.165, 1.54) is 70.6 Å². The van der Waals surface area contributed by atoms with E-state index in [9.17, 15) is 19.0 Å². The summed E-state index contributed by atoms with van der Waals surface area (Å²) in [6.45, 7) is 3.57. The molecule has 0 aromatic carbocycles. The number of esters is 2. The van der Waals surface area contributed by atoms with Crippen LogP contribution in [0.5, 0.6) is 0 Å². The molecule has 0 amide bonds. The lowest BCUT2D eigenvalue weighted by Gasteiger charge is -2.19. The van der Waals surface area contributed by atoms with Crippen molar-refractivity contribution >= 4 is 19.8 Å². The van der Waals surface area contributed by atoms with Gasteiger partial charge in [0.05, 0.1) is 13.2 Å². The van der Waals surface area contributed by atoms with E-state index in [1.54, 1.807) is 0 Å². The number of carbonyl (C=O) groups is 2. The molecule has 10 heteroatoms. The van der Waals surface area contributed by atoms with Gasteiger partial charge in [0, 0.05) is 19.4 Å². The summed E-state index contributed by atoms with van der Waals surface area (Å²) in [5, 5.41) is 0. The van der Waals surface area contributed by atoms with Gasteiger partial charge in [-0.25, -0.2) is 4.57 Å². The van der Waals surface area contributed by atoms with Crippen LogP contribution >= 0.6 is 7.82 Å². The summed E-state index contributed by atoms with van der Waals surface area (Å²) < 4.78 is 32.9. The standard InChI is InChI=1S/C62H102NO8P/c1-3-5-7-9-11-13-15-17-19-20-21-22-23-24-25-26-27-28-29-30-31-32-33-34-35-36-37-38-39-40-41-43-45-47-49-51-53-55-62(65)71-60(59-70-72(66,67)69-57-56-63)58-68-61(64)54-52-50-48-46-44-42-18-16-14-12-10-8-6-4-2/h5,7,11,13,17,19,21-22,24-25,27-28,30-31,33-34,36-37,39-40,43,45,60H,3-4,6,8-10,12,14-16,18,20,23,26,29,32,35,38,41-42,44,46-59,63H2,1-2H3,(H,66,67)/b7-5-,13-11-,19-17-,22-21-,25-24-,28-27-,31-30-,34-33-,37-36-,40-39-,45-43-. The number of allylic oxidation sites excluding steroid dienone is 22. The molecule has 0 rings (SSSR count). The first kappa shape index (κ1) is 68.2. The van der Waals surface area contributed by atoms with Crippen LogP contribution in [0, 0.1) is 0 Å². The molecular formula is C62H102NO8P. The number of hydrogen-bond donors (Lipinski definition) is 2. The topological polar surface area (TPSA) is 134 Å². The lowest BCUT2D eigenvalue weighted by molar-refractivity contribution is -0.161. The van der Waals surface area contributed by atoms with E-state index in [2.05, 4.69) is 148 Å². The van der Waals surface area contributed by atoms with Gasteiger partial charge in [0.15, 0.2) is 6.10 Å². The molecule has 0 spiro atoms. The zero-order valence-electron chi connectivity index (χ0n) is 45.4. The van der Waals surface area contributed by atoms with E-state index in [4.69, 9.17) is 24.3 Å². The lowest BCUT2D eigenvalue weighted by atomic mass is 10.0. The summed E-state index contributed by atoms with van der Waals surface area (Å²) in [4.78, 5) is 35.1. The number of carbonyl (C=O) groups excluding carboxylic acids is 2. The number of rotatable bonds is 51. The zero-order chi connectivity index (χ0) is 52.4. The van der Waals surface area contributed by atoms with Gasteiger partial charge in [-0.05, 0) is 96.3 Å². The van der Waals surface area contributed by atoms with Crippen LogP contribution < -0.4 is 5.73 Å². The van der Waals surface area contributed by atoms with E-state index in [0.717, 1.165) is 109 Å². The van der Waals surface area contributed by atoms with Crippen molar-refractivity contribution in [2.24, 2.45) is 5.73 Å². The number of ether oxygens (including phenoxy) is 2. The summed E-state index contributed by atoms with van der Waals surface area (Å²) in [6.07, 6.45) is 79.4. The molecular weight excluding hydrogens is 918 g/mol. The van der Waals surface area contributed by atoms with Gasteiger partial charge >= 0.3 is 19.8 Å². The van der Waals surface area contributed by atoms with Gasteiger partial charge in [-0.3, -0.25) is 18.6 Å². The third kappa shape index (κ3) is 55.5. The molecule has 3 N–H and O–H groups in total. The summed E-state index contributed by atoms with van der Waals surface area (Å²) >= 11 is 0. The maximum absolute atomic E-state index is 12.7.